The Bertz CT molecular complexity index is 365. The van der Waals surface area contributed by atoms with Crippen LogP contribution in [0.1, 0.15) is 29.8 Å². The second kappa shape index (κ2) is 4.29. The predicted molar refractivity (Wildman–Crippen MR) is 56.3 cm³/mol. The summed E-state index contributed by atoms with van der Waals surface area (Å²) in [6.07, 6.45) is 0.682. The second-order valence-electron chi connectivity index (χ2n) is 3.94. The Kier molecular flexibility index (Phi) is 3.29. The van der Waals surface area contributed by atoms with Gasteiger partial charge in [-0.05, 0) is 30.0 Å². The number of carbonyl (C=O) groups is 1. The van der Waals surface area contributed by atoms with Crippen molar-refractivity contribution in [3.05, 3.63) is 29.1 Å². The molecule has 0 atom stereocenters. The predicted octanol–water partition coefficient (Wildman–Crippen LogP) is 2.30. The lowest BCUT2D eigenvalue weighted by atomic mass is 10.00. The van der Waals surface area contributed by atoms with Crippen molar-refractivity contribution in [2.45, 2.75) is 20.3 Å². The van der Waals surface area contributed by atoms with E-state index in [2.05, 4.69) is 0 Å². The Morgan fingerprint density at radius 2 is 2.13 bits per heavy atom. The van der Waals surface area contributed by atoms with Crippen molar-refractivity contribution in [1.82, 2.24) is 0 Å². The van der Waals surface area contributed by atoms with Crippen LogP contribution < -0.4 is 5.73 Å². The third-order valence-corrected chi connectivity index (χ3v) is 2.04. The van der Waals surface area contributed by atoms with E-state index in [1.165, 1.54) is 12.1 Å². The van der Waals surface area contributed by atoms with Crippen molar-refractivity contribution in [2.24, 2.45) is 5.92 Å². The zero-order valence-electron chi connectivity index (χ0n) is 8.75. The lowest BCUT2D eigenvalue weighted by molar-refractivity contribution is 0.0693. The van der Waals surface area contributed by atoms with Crippen LogP contribution in [0.5, 0.6) is 0 Å². The highest BCUT2D eigenvalue weighted by Gasteiger charge is 2.15. The van der Waals surface area contributed by atoms with Crippen LogP contribution in [-0.2, 0) is 6.42 Å². The van der Waals surface area contributed by atoms with Crippen molar-refractivity contribution in [1.29, 1.82) is 0 Å². The number of carboxylic acids is 1. The summed E-state index contributed by atoms with van der Waals surface area (Å²) in [5.41, 5.74) is 5.75. The minimum Gasteiger partial charge on any atom is -0.478 e. The molecule has 1 aromatic rings. The van der Waals surface area contributed by atoms with Gasteiger partial charge in [0.1, 0.15) is 11.4 Å². The van der Waals surface area contributed by atoms with E-state index in [1.54, 1.807) is 0 Å². The molecular formula is C11H14FNO2. The number of rotatable bonds is 3. The standard InChI is InChI=1S/C11H14FNO2/c1-6(2)3-7-4-8(12)10(11(14)15)9(13)5-7/h4-6H,3,13H2,1-2H3,(H,14,15). The molecule has 0 spiro atoms. The average Bonchev–Trinajstić information content (AvgIpc) is 1.99. The highest BCUT2D eigenvalue weighted by atomic mass is 19.1. The van der Waals surface area contributed by atoms with Gasteiger partial charge in [-0.3, -0.25) is 0 Å². The number of hydrogen-bond acceptors (Lipinski definition) is 2. The number of anilines is 1. The number of nitrogens with two attached hydrogens (primary N) is 1. The lowest BCUT2D eigenvalue weighted by Crippen LogP contribution is -2.07. The van der Waals surface area contributed by atoms with E-state index in [0.717, 1.165) is 5.56 Å². The molecular weight excluding hydrogens is 197 g/mol. The van der Waals surface area contributed by atoms with Crippen LogP contribution in [0.3, 0.4) is 0 Å². The Hall–Kier alpha value is -1.58. The van der Waals surface area contributed by atoms with E-state index < -0.39 is 17.3 Å². The first-order valence-electron chi connectivity index (χ1n) is 4.73. The summed E-state index contributed by atoms with van der Waals surface area (Å²) in [5.74, 6) is -1.72. The van der Waals surface area contributed by atoms with Gasteiger partial charge in [-0.15, -0.1) is 0 Å². The van der Waals surface area contributed by atoms with Crippen molar-refractivity contribution >= 4 is 11.7 Å². The Labute approximate surface area is 87.7 Å². The van der Waals surface area contributed by atoms with Gasteiger partial charge in [-0.2, -0.15) is 0 Å². The van der Waals surface area contributed by atoms with E-state index in [-0.39, 0.29) is 5.69 Å². The van der Waals surface area contributed by atoms with Crippen molar-refractivity contribution < 1.29 is 14.3 Å². The summed E-state index contributed by atoms with van der Waals surface area (Å²) in [5, 5.41) is 8.70. The third kappa shape index (κ3) is 2.68. The lowest BCUT2D eigenvalue weighted by Gasteiger charge is -2.08. The fraction of sp³-hybridized carbons (Fsp3) is 0.364. The molecule has 0 saturated heterocycles. The van der Waals surface area contributed by atoms with Crippen LogP contribution in [0.2, 0.25) is 0 Å². The number of aromatic carboxylic acids is 1. The molecule has 0 aromatic heterocycles. The van der Waals surface area contributed by atoms with Crippen LogP contribution in [0.15, 0.2) is 12.1 Å². The molecule has 82 valence electrons. The highest BCUT2D eigenvalue weighted by Crippen LogP contribution is 2.20. The van der Waals surface area contributed by atoms with Crippen LogP contribution >= 0.6 is 0 Å². The van der Waals surface area contributed by atoms with Crippen LogP contribution in [0.4, 0.5) is 10.1 Å². The van der Waals surface area contributed by atoms with Gasteiger partial charge in [0.25, 0.3) is 0 Å². The summed E-state index contributed by atoms with van der Waals surface area (Å²) in [6.45, 7) is 4.00. The van der Waals surface area contributed by atoms with Gasteiger partial charge in [-0.25, -0.2) is 9.18 Å². The van der Waals surface area contributed by atoms with Crippen molar-refractivity contribution in [3.8, 4) is 0 Å². The first kappa shape index (κ1) is 11.5. The van der Waals surface area contributed by atoms with Crippen molar-refractivity contribution in [3.63, 3.8) is 0 Å². The number of carboxylic acid groups (broad SMARTS) is 1. The fourth-order valence-electron chi connectivity index (χ4n) is 1.50. The number of benzene rings is 1. The molecule has 1 rings (SSSR count). The summed E-state index contributed by atoms with van der Waals surface area (Å²) in [7, 11) is 0. The van der Waals surface area contributed by atoms with E-state index in [0.29, 0.717) is 12.3 Å². The maximum absolute atomic E-state index is 13.4. The molecule has 0 heterocycles. The van der Waals surface area contributed by atoms with Crippen molar-refractivity contribution in [2.75, 3.05) is 5.73 Å². The van der Waals surface area contributed by atoms with Crippen LogP contribution in [0, 0.1) is 11.7 Å². The van der Waals surface area contributed by atoms with Gasteiger partial charge < -0.3 is 10.8 Å². The van der Waals surface area contributed by atoms with E-state index in [1.807, 2.05) is 13.8 Å². The maximum atomic E-state index is 13.4. The van der Waals surface area contributed by atoms with Gasteiger partial charge in [0, 0.05) is 5.69 Å². The second-order valence-corrected chi connectivity index (χ2v) is 3.94. The highest BCUT2D eigenvalue weighted by molar-refractivity contribution is 5.94. The van der Waals surface area contributed by atoms with Crippen LogP contribution in [-0.4, -0.2) is 11.1 Å². The summed E-state index contributed by atoms with van der Waals surface area (Å²) >= 11 is 0. The maximum Gasteiger partial charge on any atom is 0.340 e. The molecule has 0 aliphatic heterocycles. The van der Waals surface area contributed by atoms with Crippen LogP contribution in [0.25, 0.3) is 0 Å². The number of nitrogen functional groups attached to an aromatic ring is 1. The molecule has 0 bridgehead atoms. The Morgan fingerprint density at radius 1 is 1.53 bits per heavy atom. The molecule has 0 aliphatic carbocycles. The van der Waals surface area contributed by atoms with Gasteiger partial charge in [-0.1, -0.05) is 13.8 Å². The molecule has 1 aromatic carbocycles. The molecule has 0 saturated carbocycles. The molecule has 15 heavy (non-hydrogen) atoms. The quantitative estimate of drug-likeness (QED) is 0.754. The van der Waals surface area contributed by atoms with E-state index in [9.17, 15) is 9.18 Å². The monoisotopic (exact) mass is 211 g/mol. The summed E-state index contributed by atoms with van der Waals surface area (Å²) in [6, 6.07) is 2.76. The van der Waals surface area contributed by atoms with E-state index in [4.69, 9.17) is 10.8 Å². The first-order valence-corrected chi connectivity index (χ1v) is 4.73. The molecule has 3 N–H and O–H groups in total. The molecule has 0 amide bonds. The SMILES string of the molecule is CC(C)Cc1cc(N)c(C(=O)O)c(F)c1. The van der Waals surface area contributed by atoms with Gasteiger partial charge >= 0.3 is 5.97 Å². The fourth-order valence-corrected chi connectivity index (χ4v) is 1.50. The molecule has 3 nitrogen and oxygen atoms in total. The minimum absolute atomic E-state index is 0.0156. The normalized spacial score (nSPS) is 10.7. The number of hydrogen-bond donors (Lipinski definition) is 2. The number of halogens is 1. The molecule has 0 aliphatic rings. The third-order valence-electron chi connectivity index (χ3n) is 2.04. The summed E-state index contributed by atoms with van der Waals surface area (Å²) in [4.78, 5) is 10.7. The molecule has 0 radical (unpaired) electrons. The molecule has 0 unspecified atom stereocenters. The largest absolute Gasteiger partial charge is 0.478 e. The zero-order chi connectivity index (χ0) is 11.6. The molecule has 4 heteroatoms. The molecule has 0 fully saturated rings. The van der Waals surface area contributed by atoms with Gasteiger partial charge in [0.05, 0.1) is 0 Å². The Morgan fingerprint density at radius 3 is 2.53 bits per heavy atom. The van der Waals surface area contributed by atoms with Gasteiger partial charge in [0.2, 0.25) is 0 Å². The van der Waals surface area contributed by atoms with E-state index >= 15 is 0 Å². The smallest absolute Gasteiger partial charge is 0.340 e. The summed E-state index contributed by atoms with van der Waals surface area (Å²) < 4.78 is 13.4. The van der Waals surface area contributed by atoms with Gasteiger partial charge in [0.15, 0.2) is 0 Å². The Balaban J connectivity index is 3.14. The average molecular weight is 211 g/mol. The first-order chi connectivity index (χ1) is 6.91. The minimum atomic E-state index is -1.33. The zero-order valence-corrected chi connectivity index (χ0v) is 8.75. The topological polar surface area (TPSA) is 63.3 Å².